The average Bonchev–Trinajstić information content (AvgIpc) is 2.75. The molecule has 0 atom stereocenters. The van der Waals surface area contributed by atoms with Gasteiger partial charge in [0.15, 0.2) is 11.5 Å². The Morgan fingerprint density at radius 1 is 1.33 bits per heavy atom. The molecule has 0 saturated heterocycles. The lowest BCUT2D eigenvalue weighted by Crippen LogP contribution is -2.17. The molecule has 1 aromatic carbocycles. The Balaban J connectivity index is 2.09. The summed E-state index contributed by atoms with van der Waals surface area (Å²) in [5.41, 5.74) is 3.16. The summed E-state index contributed by atoms with van der Waals surface area (Å²) >= 11 is 5.71. The predicted molar refractivity (Wildman–Crippen MR) is 78.0 cm³/mol. The van der Waals surface area contributed by atoms with E-state index in [2.05, 4.69) is 10.5 Å². The quantitative estimate of drug-likeness (QED) is 0.461. The number of carbonyl (C=O) groups is 1. The summed E-state index contributed by atoms with van der Waals surface area (Å²) in [7, 11) is 0. The lowest BCUT2D eigenvalue weighted by Gasteiger charge is -2.02. The Kier molecular flexibility index (Phi) is 4.18. The van der Waals surface area contributed by atoms with Crippen molar-refractivity contribution in [3.05, 3.63) is 45.9 Å². The third-order valence-corrected chi connectivity index (χ3v) is 3.02. The zero-order valence-corrected chi connectivity index (χ0v) is 12.1. The normalized spacial score (nSPS) is 11.0. The Hall–Kier alpha value is -2.47. The number of aromatic hydroxyl groups is 2. The van der Waals surface area contributed by atoms with Crippen LogP contribution in [0.15, 0.2) is 27.7 Å². The third-order valence-electron chi connectivity index (χ3n) is 2.73. The van der Waals surface area contributed by atoms with E-state index in [9.17, 15) is 15.0 Å². The standard InChI is InChI=1S/C14H13ClN2O4/c1-7-3-10(8(2)21-7)14(20)17-16-6-9-4-11(15)13(19)12(18)5-9/h3-6,18-19H,1-2H3,(H,17,20)/b16-6+. The first-order valence-electron chi connectivity index (χ1n) is 6.00. The van der Waals surface area contributed by atoms with Gasteiger partial charge in [-0.2, -0.15) is 5.10 Å². The van der Waals surface area contributed by atoms with Crippen LogP contribution < -0.4 is 5.43 Å². The van der Waals surface area contributed by atoms with Crippen LogP contribution in [0, 0.1) is 13.8 Å². The molecule has 3 N–H and O–H groups in total. The Morgan fingerprint density at radius 3 is 2.62 bits per heavy atom. The number of hydrogen-bond donors (Lipinski definition) is 3. The molecule has 0 unspecified atom stereocenters. The van der Waals surface area contributed by atoms with E-state index in [0.717, 1.165) is 0 Å². The minimum atomic E-state index is -0.408. The van der Waals surface area contributed by atoms with Crippen molar-refractivity contribution in [3.8, 4) is 11.5 Å². The molecule has 2 rings (SSSR count). The number of nitrogens with zero attached hydrogens (tertiary/aromatic N) is 1. The van der Waals surface area contributed by atoms with Gasteiger partial charge >= 0.3 is 0 Å². The van der Waals surface area contributed by atoms with E-state index < -0.39 is 11.7 Å². The van der Waals surface area contributed by atoms with Crippen molar-refractivity contribution in [1.29, 1.82) is 0 Å². The molecule has 1 amide bonds. The summed E-state index contributed by atoms with van der Waals surface area (Å²) < 4.78 is 5.25. The van der Waals surface area contributed by atoms with E-state index in [-0.39, 0.29) is 10.8 Å². The number of phenolic OH excluding ortho intramolecular Hbond substituents is 2. The van der Waals surface area contributed by atoms with Crippen LogP contribution in [0.25, 0.3) is 0 Å². The SMILES string of the molecule is Cc1cc(C(=O)N/N=C/c2cc(O)c(O)c(Cl)c2)c(C)o1. The van der Waals surface area contributed by atoms with Gasteiger partial charge in [-0.05, 0) is 37.6 Å². The molecule has 1 heterocycles. The second-order valence-electron chi connectivity index (χ2n) is 4.40. The predicted octanol–water partition coefficient (Wildman–Crippen LogP) is 2.72. The number of rotatable bonds is 3. The molecule has 0 aliphatic carbocycles. The molecule has 7 heteroatoms. The topological polar surface area (TPSA) is 95.1 Å². The number of amides is 1. The van der Waals surface area contributed by atoms with E-state index in [1.165, 1.54) is 18.3 Å². The van der Waals surface area contributed by atoms with Crippen molar-refractivity contribution in [3.63, 3.8) is 0 Å². The first kappa shape index (κ1) is 14.9. The van der Waals surface area contributed by atoms with Crippen molar-refractivity contribution < 1.29 is 19.4 Å². The van der Waals surface area contributed by atoms with E-state index >= 15 is 0 Å². The molecule has 110 valence electrons. The number of hydrazone groups is 1. The van der Waals surface area contributed by atoms with Gasteiger partial charge in [0.25, 0.3) is 5.91 Å². The number of benzene rings is 1. The molecular weight excluding hydrogens is 296 g/mol. The van der Waals surface area contributed by atoms with Crippen molar-refractivity contribution >= 4 is 23.7 Å². The zero-order chi connectivity index (χ0) is 15.6. The Morgan fingerprint density at radius 2 is 2.05 bits per heavy atom. The molecule has 6 nitrogen and oxygen atoms in total. The summed E-state index contributed by atoms with van der Waals surface area (Å²) in [5, 5.41) is 22.5. The molecule has 0 bridgehead atoms. The summed E-state index contributed by atoms with van der Waals surface area (Å²) in [6.07, 6.45) is 1.30. The monoisotopic (exact) mass is 308 g/mol. The van der Waals surface area contributed by atoms with Crippen molar-refractivity contribution in [2.45, 2.75) is 13.8 Å². The average molecular weight is 309 g/mol. The molecule has 0 spiro atoms. The highest BCUT2D eigenvalue weighted by molar-refractivity contribution is 6.32. The minimum Gasteiger partial charge on any atom is -0.504 e. The van der Waals surface area contributed by atoms with Crippen LogP contribution in [-0.2, 0) is 0 Å². The number of nitrogens with one attached hydrogen (secondary N) is 1. The first-order chi connectivity index (χ1) is 9.88. The largest absolute Gasteiger partial charge is 0.504 e. The maximum Gasteiger partial charge on any atom is 0.274 e. The lowest BCUT2D eigenvalue weighted by atomic mass is 10.2. The maximum absolute atomic E-state index is 11.9. The van der Waals surface area contributed by atoms with E-state index in [1.807, 2.05) is 0 Å². The highest BCUT2D eigenvalue weighted by Gasteiger charge is 2.12. The fourth-order valence-electron chi connectivity index (χ4n) is 1.76. The molecule has 1 aromatic heterocycles. The number of phenols is 2. The minimum absolute atomic E-state index is 0.0101. The van der Waals surface area contributed by atoms with Gasteiger partial charge in [0.1, 0.15) is 11.5 Å². The molecular formula is C14H13ClN2O4. The van der Waals surface area contributed by atoms with Crippen LogP contribution in [0.1, 0.15) is 27.4 Å². The van der Waals surface area contributed by atoms with E-state index in [1.54, 1.807) is 19.9 Å². The van der Waals surface area contributed by atoms with Crippen molar-refractivity contribution in [2.75, 3.05) is 0 Å². The number of aryl methyl sites for hydroxylation is 2. The number of halogens is 1. The number of carbonyl (C=O) groups excluding carboxylic acids is 1. The molecule has 0 saturated carbocycles. The van der Waals surface area contributed by atoms with Crippen LogP contribution in [0.3, 0.4) is 0 Å². The smallest absolute Gasteiger partial charge is 0.274 e. The highest BCUT2D eigenvalue weighted by atomic mass is 35.5. The van der Waals surface area contributed by atoms with Crippen LogP contribution in [0.2, 0.25) is 5.02 Å². The summed E-state index contributed by atoms with van der Waals surface area (Å²) in [6, 6.07) is 4.28. The molecule has 0 fully saturated rings. The summed E-state index contributed by atoms with van der Waals surface area (Å²) in [5.74, 6) is -0.0315. The Bertz CT molecular complexity index is 699. The van der Waals surface area contributed by atoms with Crippen LogP contribution in [-0.4, -0.2) is 22.3 Å². The number of hydrogen-bond acceptors (Lipinski definition) is 5. The first-order valence-corrected chi connectivity index (χ1v) is 6.38. The van der Waals surface area contributed by atoms with Gasteiger partial charge in [-0.1, -0.05) is 11.6 Å². The highest BCUT2D eigenvalue weighted by Crippen LogP contribution is 2.33. The van der Waals surface area contributed by atoms with Crippen LogP contribution in [0.4, 0.5) is 0 Å². The third kappa shape index (κ3) is 3.35. The van der Waals surface area contributed by atoms with Gasteiger partial charge in [-0.3, -0.25) is 4.79 Å². The second kappa shape index (κ2) is 5.88. The van der Waals surface area contributed by atoms with Gasteiger partial charge in [0.05, 0.1) is 16.8 Å². The fraction of sp³-hybridized carbons (Fsp3) is 0.143. The van der Waals surface area contributed by atoms with Gasteiger partial charge in [0, 0.05) is 0 Å². The van der Waals surface area contributed by atoms with Gasteiger partial charge in [-0.15, -0.1) is 0 Å². The van der Waals surface area contributed by atoms with Gasteiger partial charge in [-0.25, -0.2) is 5.43 Å². The molecule has 21 heavy (non-hydrogen) atoms. The van der Waals surface area contributed by atoms with Gasteiger partial charge < -0.3 is 14.6 Å². The van der Waals surface area contributed by atoms with Crippen LogP contribution >= 0.6 is 11.6 Å². The summed E-state index contributed by atoms with van der Waals surface area (Å²) in [4.78, 5) is 11.9. The van der Waals surface area contributed by atoms with Crippen LogP contribution in [0.5, 0.6) is 11.5 Å². The van der Waals surface area contributed by atoms with Crippen molar-refractivity contribution in [1.82, 2.24) is 5.43 Å². The second-order valence-corrected chi connectivity index (χ2v) is 4.80. The van der Waals surface area contributed by atoms with Gasteiger partial charge in [0.2, 0.25) is 0 Å². The van der Waals surface area contributed by atoms with Crippen molar-refractivity contribution in [2.24, 2.45) is 5.10 Å². The number of furan rings is 1. The fourth-order valence-corrected chi connectivity index (χ4v) is 1.98. The lowest BCUT2D eigenvalue weighted by molar-refractivity contribution is 0.0953. The molecule has 0 aliphatic rings. The molecule has 0 radical (unpaired) electrons. The summed E-state index contributed by atoms with van der Waals surface area (Å²) in [6.45, 7) is 3.43. The molecule has 0 aliphatic heterocycles. The molecule has 2 aromatic rings. The maximum atomic E-state index is 11.9. The van der Waals surface area contributed by atoms with E-state index in [0.29, 0.717) is 22.6 Å². The zero-order valence-electron chi connectivity index (χ0n) is 11.3. The van der Waals surface area contributed by atoms with E-state index in [4.69, 9.17) is 16.0 Å². The Labute approximate surface area is 125 Å².